The highest BCUT2D eigenvalue weighted by molar-refractivity contribution is 9.10. The van der Waals surface area contributed by atoms with Gasteiger partial charge in [0.25, 0.3) is 5.91 Å². The molecule has 0 fully saturated rings. The Morgan fingerprint density at radius 2 is 1.84 bits per heavy atom. The first-order valence-electron chi connectivity index (χ1n) is 7.47. The van der Waals surface area contributed by atoms with Gasteiger partial charge in [-0.15, -0.1) is 0 Å². The third-order valence-corrected chi connectivity index (χ3v) is 4.10. The lowest BCUT2D eigenvalue weighted by Gasteiger charge is -2.21. The third kappa shape index (κ3) is 4.78. The maximum Gasteiger partial charge on any atom is 0.271 e. The Morgan fingerprint density at radius 1 is 1.04 bits per heavy atom. The lowest BCUT2D eigenvalue weighted by Crippen LogP contribution is -2.34. The molecule has 0 spiro atoms. The molecule has 3 rings (SSSR count). The summed E-state index contributed by atoms with van der Waals surface area (Å²) in [4.78, 5) is 20.9. The second-order valence-corrected chi connectivity index (χ2v) is 6.53. The summed E-state index contributed by atoms with van der Waals surface area (Å²) in [5, 5.41) is 6.79. The number of carbonyl (C=O) groups is 1. The molecule has 1 atom stereocenters. The van der Waals surface area contributed by atoms with Crippen molar-refractivity contribution in [2.45, 2.75) is 6.17 Å². The van der Waals surface area contributed by atoms with Crippen molar-refractivity contribution in [1.82, 2.24) is 15.3 Å². The smallest absolute Gasteiger partial charge is 0.271 e. The van der Waals surface area contributed by atoms with Crippen LogP contribution in [-0.4, -0.2) is 15.9 Å². The molecular weight excluding hydrogens is 404 g/mol. The molecule has 0 aliphatic rings. The minimum Gasteiger partial charge on any atom is -0.360 e. The number of pyridine rings is 2. The van der Waals surface area contributed by atoms with Crippen molar-refractivity contribution in [3.63, 3.8) is 0 Å². The highest BCUT2D eigenvalue weighted by Gasteiger charge is 2.17. The fraction of sp³-hybridized carbons (Fsp3) is 0.0556. The van der Waals surface area contributed by atoms with Crippen LogP contribution in [-0.2, 0) is 0 Å². The number of nitrogens with one attached hydrogen (secondary N) is 2. The molecule has 0 radical (unpaired) electrons. The van der Waals surface area contributed by atoms with Gasteiger partial charge >= 0.3 is 0 Å². The topological polar surface area (TPSA) is 66.9 Å². The molecule has 5 nitrogen and oxygen atoms in total. The largest absolute Gasteiger partial charge is 0.360 e. The highest BCUT2D eigenvalue weighted by atomic mass is 79.9. The second kappa shape index (κ2) is 8.09. The van der Waals surface area contributed by atoms with Crippen molar-refractivity contribution < 1.29 is 4.79 Å². The van der Waals surface area contributed by atoms with E-state index in [1.807, 2.05) is 30.3 Å². The first kappa shape index (κ1) is 17.4. The molecule has 3 aromatic rings. The van der Waals surface area contributed by atoms with Crippen LogP contribution >= 0.6 is 27.5 Å². The Bertz CT molecular complexity index is 841. The van der Waals surface area contributed by atoms with E-state index in [1.54, 1.807) is 36.7 Å². The number of hydrogen-bond donors (Lipinski definition) is 2. The van der Waals surface area contributed by atoms with Gasteiger partial charge in [0.1, 0.15) is 11.9 Å². The van der Waals surface area contributed by atoms with Gasteiger partial charge < -0.3 is 10.6 Å². The van der Waals surface area contributed by atoms with Crippen LogP contribution in [0.2, 0.25) is 5.02 Å². The minimum absolute atomic E-state index is 0.301. The van der Waals surface area contributed by atoms with E-state index >= 15 is 0 Å². The third-order valence-electron chi connectivity index (χ3n) is 3.37. The standard InChI is InChI=1S/C18H14BrClN4O/c19-12-4-9-16(22-11-12)18(25)24-17(15-3-1-2-10-21-15)23-14-7-5-13(20)6-8-14/h1-11,17,23H,(H,24,25). The van der Waals surface area contributed by atoms with E-state index in [0.717, 1.165) is 10.2 Å². The Morgan fingerprint density at radius 3 is 2.48 bits per heavy atom. The highest BCUT2D eigenvalue weighted by Crippen LogP contribution is 2.19. The zero-order valence-electron chi connectivity index (χ0n) is 13.0. The summed E-state index contributed by atoms with van der Waals surface area (Å²) >= 11 is 9.23. The van der Waals surface area contributed by atoms with Gasteiger partial charge in [-0.05, 0) is 64.5 Å². The first-order chi connectivity index (χ1) is 12.1. The average molecular weight is 418 g/mol. The first-order valence-corrected chi connectivity index (χ1v) is 8.64. The fourth-order valence-electron chi connectivity index (χ4n) is 2.16. The molecule has 0 aliphatic heterocycles. The van der Waals surface area contributed by atoms with Crippen LogP contribution < -0.4 is 10.6 Å². The number of carbonyl (C=O) groups excluding carboxylic acids is 1. The monoisotopic (exact) mass is 416 g/mol. The van der Waals surface area contributed by atoms with Crippen LogP contribution in [0.25, 0.3) is 0 Å². The number of hydrogen-bond acceptors (Lipinski definition) is 4. The maximum atomic E-state index is 12.5. The van der Waals surface area contributed by atoms with Crippen molar-refractivity contribution in [3.05, 3.63) is 87.9 Å². The van der Waals surface area contributed by atoms with Crippen molar-refractivity contribution >= 4 is 39.1 Å². The number of halogens is 2. The Hall–Kier alpha value is -2.44. The number of nitrogens with zero attached hydrogens (tertiary/aromatic N) is 2. The number of aromatic nitrogens is 2. The van der Waals surface area contributed by atoms with Crippen LogP contribution in [0.3, 0.4) is 0 Å². The molecule has 0 saturated carbocycles. The van der Waals surface area contributed by atoms with Gasteiger partial charge in [-0.2, -0.15) is 0 Å². The zero-order chi connectivity index (χ0) is 17.6. The molecule has 7 heteroatoms. The minimum atomic E-state index is -0.514. The van der Waals surface area contributed by atoms with E-state index in [4.69, 9.17) is 11.6 Å². The second-order valence-electron chi connectivity index (χ2n) is 5.17. The summed E-state index contributed by atoms with van der Waals surface area (Å²) in [6.45, 7) is 0. The molecule has 1 unspecified atom stereocenters. The molecule has 1 amide bonds. The Kier molecular flexibility index (Phi) is 5.63. The summed E-state index contributed by atoms with van der Waals surface area (Å²) in [7, 11) is 0. The molecule has 0 saturated heterocycles. The molecule has 25 heavy (non-hydrogen) atoms. The van der Waals surface area contributed by atoms with E-state index in [2.05, 4.69) is 36.5 Å². The van der Waals surface area contributed by atoms with Gasteiger partial charge in [0.15, 0.2) is 0 Å². The van der Waals surface area contributed by atoms with E-state index in [9.17, 15) is 4.79 Å². The summed E-state index contributed by atoms with van der Waals surface area (Å²) in [5.74, 6) is -0.301. The Labute approximate surface area is 158 Å². The maximum absolute atomic E-state index is 12.5. The molecule has 2 N–H and O–H groups in total. The van der Waals surface area contributed by atoms with E-state index in [1.165, 1.54) is 0 Å². The molecule has 2 heterocycles. The average Bonchev–Trinajstić information content (AvgIpc) is 2.64. The summed E-state index contributed by atoms with van der Waals surface area (Å²) in [6, 6.07) is 16.2. The van der Waals surface area contributed by atoms with E-state index in [-0.39, 0.29) is 5.91 Å². The summed E-state index contributed by atoms with van der Waals surface area (Å²) in [6.07, 6.45) is 2.74. The summed E-state index contributed by atoms with van der Waals surface area (Å²) < 4.78 is 0.810. The predicted octanol–water partition coefficient (Wildman–Crippen LogP) is 4.43. The van der Waals surface area contributed by atoms with E-state index < -0.39 is 6.17 Å². The predicted molar refractivity (Wildman–Crippen MR) is 101 cm³/mol. The van der Waals surface area contributed by atoms with Gasteiger partial charge in [0.2, 0.25) is 0 Å². The van der Waals surface area contributed by atoms with E-state index in [0.29, 0.717) is 16.4 Å². The van der Waals surface area contributed by atoms with Crippen LogP contribution in [0.5, 0.6) is 0 Å². The lowest BCUT2D eigenvalue weighted by molar-refractivity contribution is 0.0935. The fourth-order valence-corrected chi connectivity index (χ4v) is 2.52. The number of amides is 1. The van der Waals surface area contributed by atoms with Gasteiger partial charge in [-0.1, -0.05) is 17.7 Å². The Balaban J connectivity index is 1.82. The molecular formula is C18H14BrClN4O. The van der Waals surface area contributed by atoms with Crippen molar-refractivity contribution in [2.24, 2.45) is 0 Å². The SMILES string of the molecule is O=C(NC(Nc1ccc(Cl)cc1)c1ccccn1)c1ccc(Br)cn1. The lowest BCUT2D eigenvalue weighted by atomic mass is 10.2. The number of anilines is 1. The molecule has 126 valence electrons. The zero-order valence-corrected chi connectivity index (χ0v) is 15.3. The molecule has 1 aromatic carbocycles. The molecule has 0 aliphatic carbocycles. The van der Waals surface area contributed by atoms with Gasteiger partial charge in [0, 0.05) is 27.6 Å². The van der Waals surface area contributed by atoms with Gasteiger partial charge in [0.05, 0.1) is 5.69 Å². The number of benzene rings is 1. The number of rotatable bonds is 5. The van der Waals surface area contributed by atoms with Crippen molar-refractivity contribution in [2.75, 3.05) is 5.32 Å². The van der Waals surface area contributed by atoms with Crippen LogP contribution in [0.4, 0.5) is 5.69 Å². The van der Waals surface area contributed by atoms with Crippen LogP contribution in [0.1, 0.15) is 22.3 Å². The van der Waals surface area contributed by atoms with Gasteiger partial charge in [-0.3, -0.25) is 9.78 Å². The van der Waals surface area contributed by atoms with Crippen LogP contribution in [0, 0.1) is 0 Å². The molecule has 2 aromatic heterocycles. The van der Waals surface area contributed by atoms with Crippen molar-refractivity contribution in [1.29, 1.82) is 0 Å². The quantitative estimate of drug-likeness (QED) is 0.603. The van der Waals surface area contributed by atoms with Crippen molar-refractivity contribution in [3.8, 4) is 0 Å². The van der Waals surface area contributed by atoms with Gasteiger partial charge in [-0.25, -0.2) is 4.98 Å². The normalized spacial score (nSPS) is 11.6. The van der Waals surface area contributed by atoms with Crippen LogP contribution in [0.15, 0.2) is 71.5 Å². The summed E-state index contributed by atoms with van der Waals surface area (Å²) in [5.41, 5.74) is 1.81. The molecule has 0 bridgehead atoms.